The van der Waals surface area contributed by atoms with E-state index in [1.54, 1.807) is 7.11 Å². The highest BCUT2D eigenvalue weighted by atomic mass is 16.5. The lowest BCUT2D eigenvalue weighted by molar-refractivity contribution is -0.128. The molecule has 4 rings (SSSR count). The van der Waals surface area contributed by atoms with Gasteiger partial charge in [-0.15, -0.1) is 0 Å². The number of ether oxygens (including phenoxy) is 2. The Labute approximate surface area is 181 Å². The minimum Gasteiger partial charge on any atom is -0.497 e. The number of rotatable bonds is 8. The van der Waals surface area contributed by atoms with Crippen LogP contribution in [0, 0.1) is 0 Å². The third kappa shape index (κ3) is 5.05. The first kappa shape index (κ1) is 20.9. The normalized spacial score (nSPS) is 13.9. The summed E-state index contributed by atoms with van der Waals surface area (Å²) in [6.45, 7) is 2.07. The number of aryl methyl sites for hydroxylation is 2. The average molecular weight is 421 g/mol. The quantitative estimate of drug-likeness (QED) is 0.589. The second-order valence-corrected chi connectivity index (χ2v) is 7.61. The molecule has 0 radical (unpaired) electrons. The Morgan fingerprint density at radius 2 is 1.97 bits per heavy atom. The average Bonchev–Trinajstić information content (AvgIpc) is 3.30. The molecule has 1 unspecified atom stereocenters. The smallest absolute Gasteiger partial charge is 0.261 e. The maximum absolute atomic E-state index is 12.7. The van der Waals surface area contributed by atoms with Gasteiger partial charge in [-0.25, -0.2) is 0 Å². The van der Waals surface area contributed by atoms with Crippen LogP contribution in [0.4, 0.5) is 0 Å². The minimum absolute atomic E-state index is 0.139. The first-order chi connectivity index (χ1) is 15.2. The molecule has 162 valence electrons. The Morgan fingerprint density at radius 3 is 2.77 bits per heavy atom. The second-order valence-electron chi connectivity index (χ2n) is 7.61. The molecule has 7 heteroatoms. The number of nitrogens with one attached hydrogen (secondary N) is 1. The van der Waals surface area contributed by atoms with E-state index in [0.29, 0.717) is 23.9 Å². The first-order valence-electron chi connectivity index (χ1n) is 10.7. The number of hydrogen-bond donors (Lipinski definition) is 1. The van der Waals surface area contributed by atoms with Crippen molar-refractivity contribution < 1.29 is 18.8 Å². The van der Waals surface area contributed by atoms with E-state index in [4.69, 9.17) is 14.0 Å². The molecule has 0 bridgehead atoms. The van der Waals surface area contributed by atoms with Gasteiger partial charge in [0.25, 0.3) is 5.91 Å². The summed E-state index contributed by atoms with van der Waals surface area (Å²) in [5, 5.41) is 6.82. The van der Waals surface area contributed by atoms with Crippen LogP contribution in [-0.2, 0) is 24.2 Å². The summed E-state index contributed by atoms with van der Waals surface area (Å²) in [6.07, 6.45) is 4.61. The Balaban J connectivity index is 1.36. The van der Waals surface area contributed by atoms with E-state index in [0.717, 1.165) is 24.2 Å². The Hall–Kier alpha value is -3.35. The number of nitrogens with zero attached hydrogens (tertiary/aromatic N) is 2. The number of amides is 1. The monoisotopic (exact) mass is 421 g/mol. The summed E-state index contributed by atoms with van der Waals surface area (Å²) >= 11 is 0. The van der Waals surface area contributed by atoms with E-state index in [-0.39, 0.29) is 12.5 Å². The molecule has 1 amide bonds. The molecule has 0 spiro atoms. The van der Waals surface area contributed by atoms with Crippen molar-refractivity contribution in [3.63, 3.8) is 0 Å². The zero-order chi connectivity index (χ0) is 21.6. The van der Waals surface area contributed by atoms with E-state index in [2.05, 4.69) is 27.6 Å². The number of hydrogen-bond acceptors (Lipinski definition) is 6. The van der Waals surface area contributed by atoms with E-state index in [1.807, 2.05) is 37.3 Å². The van der Waals surface area contributed by atoms with Gasteiger partial charge in [-0.05, 0) is 67.5 Å². The number of carbonyl (C=O) groups is 1. The second kappa shape index (κ2) is 9.64. The Morgan fingerprint density at radius 1 is 1.13 bits per heavy atom. The van der Waals surface area contributed by atoms with Gasteiger partial charge in [-0.2, -0.15) is 4.98 Å². The van der Waals surface area contributed by atoms with Gasteiger partial charge >= 0.3 is 0 Å². The van der Waals surface area contributed by atoms with Crippen molar-refractivity contribution in [3.05, 3.63) is 59.5 Å². The highest BCUT2D eigenvalue weighted by Gasteiger charge is 2.20. The van der Waals surface area contributed by atoms with Crippen molar-refractivity contribution in [2.45, 2.75) is 51.7 Å². The molecule has 1 N–H and O–H groups in total. The van der Waals surface area contributed by atoms with Crippen molar-refractivity contribution in [1.82, 2.24) is 15.5 Å². The lowest BCUT2D eigenvalue weighted by Gasteiger charge is -2.20. The molecule has 2 aromatic carbocycles. The fourth-order valence-corrected chi connectivity index (χ4v) is 3.75. The van der Waals surface area contributed by atoms with Crippen LogP contribution in [-0.4, -0.2) is 29.3 Å². The summed E-state index contributed by atoms with van der Waals surface area (Å²) in [5.74, 6) is 2.01. The summed E-state index contributed by atoms with van der Waals surface area (Å²) in [5.41, 5.74) is 3.50. The summed E-state index contributed by atoms with van der Waals surface area (Å²) < 4.78 is 16.5. The molecule has 0 fully saturated rings. The molecular formula is C24H27N3O4. The highest BCUT2D eigenvalue weighted by Crippen LogP contribution is 2.26. The predicted molar refractivity (Wildman–Crippen MR) is 116 cm³/mol. The molecule has 1 atom stereocenters. The maximum atomic E-state index is 12.7. The topological polar surface area (TPSA) is 86.5 Å². The number of carbonyl (C=O) groups excluding carboxylic acids is 1. The van der Waals surface area contributed by atoms with Gasteiger partial charge < -0.3 is 19.3 Å². The fraction of sp³-hybridized carbons (Fsp3) is 0.375. The molecule has 31 heavy (non-hydrogen) atoms. The van der Waals surface area contributed by atoms with Crippen molar-refractivity contribution in [1.29, 1.82) is 0 Å². The highest BCUT2D eigenvalue weighted by molar-refractivity contribution is 5.81. The largest absolute Gasteiger partial charge is 0.497 e. The number of methoxy groups -OCH3 is 1. The maximum Gasteiger partial charge on any atom is 0.261 e. The Bertz CT molecular complexity index is 1050. The zero-order valence-corrected chi connectivity index (χ0v) is 17.9. The summed E-state index contributed by atoms with van der Waals surface area (Å²) in [7, 11) is 1.60. The number of fused-ring (bicyclic) bond motifs is 1. The van der Waals surface area contributed by atoms with Crippen molar-refractivity contribution in [2.75, 3.05) is 7.11 Å². The van der Waals surface area contributed by atoms with Gasteiger partial charge in [0, 0.05) is 5.56 Å². The van der Waals surface area contributed by atoms with Crippen LogP contribution < -0.4 is 14.8 Å². The summed E-state index contributed by atoms with van der Waals surface area (Å²) in [4.78, 5) is 17.0. The lowest BCUT2D eigenvalue weighted by atomic mass is 9.92. The van der Waals surface area contributed by atoms with Crippen LogP contribution in [0.15, 0.2) is 47.0 Å². The van der Waals surface area contributed by atoms with E-state index < -0.39 is 6.10 Å². The molecule has 1 aromatic heterocycles. The summed E-state index contributed by atoms with van der Waals surface area (Å²) in [6, 6.07) is 13.5. The predicted octanol–water partition coefficient (Wildman–Crippen LogP) is 4.10. The van der Waals surface area contributed by atoms with Crippen LogP contribution in [0.3, 0.4) is 0 Å². The van der Waals surface area contributed by atoms with E-state index in [1.165, 1.54) is 24.0 Å². The molecule has 3 aromatic rings. The van der Waals surface area contributed by atoms with Gasteiger partial charge in [0.15, 0.2) is 6.10 Å². The zero-order valence-electron chi connectivity index (χ0n) is 17.9. The van der Waals surface area contributed by atoms with Gasteiger partial charge in [0.1, 0.15) is 11.5 Å². The van der Waals surface area contributed by atoms with Gasteiger partial charge in [0.2, 0.25) is 11.7 Å². The molecule has 0 aliphatic heterocycles. The van der Waals surface area contributed by atoms with Crippen molar-refractivity contribution in [3.8, 4) is 22.9 Å². The molecule has 1 aliphatic carbocycles. The molecule has 1 aliphatic rings. The van der Waals surface area contributed by atoms with Crippen LogP contribution in [0.2, 0.25) is 0 Å². The fourth-order valence-electron chi connectivity index (χ4n) is 3.75. The molecule has 0 saturated carbocycles. The molecule has 1 heterocycles. The van der Waals surface area contributed by atoms with Gasteiger partial charge in [-0.3, -0.25) is 4.79 Å². The minimum atomic E-state index is -0.581. The van der Waals surface area contributed by atoms with Crippen LogP contribution in [0.1, 0.15) is 43.2 Å². The Kier molecular flexibility index (Phi) is 6.50. The SMILES string of the molecule is CCC(Oc1ccc2c(c1)CCCC2)C(=O)NCc1nc(-c2cccc(OC)c2)no1. The van der Waals surface area contributed by atoms with E-state index in [9.17, 15) is 4.79 Å². The molecule has 7 nitrogen and oxygen atoms in total. The third-order valence-electron chi connectivity index (χ3n) is 5.47. The van der Waals surface area contributed by atoms with Crippen LogP contribution in [0.5, 0.6) is 11.5 Å². The molecular weight excluding hydrogens is 394 g/mol. The van der Waals surface area contributed by atoms with Crippen molar-refractivity contribution >= 4 is 5.91 Å². The number of benzene rings is 2. The number of aromatic nitrogens is 2. The van der Waals surface area contributed by atoms with Gasteiger partial charge in [0.05, 0.1) is 13.7 Å². The van der Waals surface area contributed by atoms with E-state index >= 15 is 0 Å². The van der Waals surface area contributed by atoms with Crippen LogP contribution >= 0.6 is 0 Å². The van der Waals surface area contributed by atoms with Gasteiger partial charge in [-0.1, -0.05) is 30.3 Å². The van der Waals surface area contributed by atoms with Crippen molar-refractivity contribution in [2.24, 2.45) is 0 Å². The standard InChI is InChI=1S/C24H27N3O4/c1-3-21(30-20-12-11-16-7-4-5-8-17(16)13-20)24(28)25-15-22-26-23(27-31-22)18-9-6-10-19(14-18)29-2/h6,9-14,21H,3-5,7-8,15H2,1-2H3,(H,25,28). The van der Waals surface area contributed by atoms with Crippen LogP contribution in [0.25, 0.3) is 11.4 Å². The first-order valence-corrected chi connectivity index (χ1v) is 10.7. The molecule has 0 saturated heterocycles. The third-order valence-corrected chi connectivity index (χ3v) is 5.47. The lowest BCUT2D eigenvalue weighted by Crippen LogP contribution is -2.37.